The van der Waals surface area contributed by atoms with Gasteiger partial charge in [0.05, 0.1) is 11.8 Å². The third-order valence-corrected chi connectivity index (χ3v) is 1.84. The van der Waals surface area contributed by atoms with Crippen LogP contribution in [0.3, 0.4) is 0 Å². The standard InChI is InChI=1S/C11H16N2O/c1-8(2)14-11-6-4-10(5-7-11)9(3)13-12/h4-8H,12H2,1-3H3/b13-9+. The van der Waals surface area contributed by atoms with E-state index in [9.17, 15) is 0 Å². The van der Waals surface area contributed by atoms with E-state index < -0.39 is 0 Å². The summed E-state index contributed by atoms with van der Waals surface area (Å²) in [5.41, 5.74) is 1.84. The molecule has 0 aliphatic heterocycles. The molecule has 0 aliphatic rings. The van der Waals surface area contributed by atoms with Crippen LogP contribution in [0.25, 0.3) is 0 Å². The lowest BCUT2D eigenvalue weighted by Gasteiger charge is -2.09. The molecule has 0 amide bonds. The van der Waals surface area contributed by atoms with Gasteiger partial charge in [0, 0.05) is 0 Å². The zero-order valence-electron chi connectivity index (χ0n) is 8.82. The van der Waals surface area contributed by atoms with E-state index in [1.54, 1.807) is 0 Å². The molecule has 0 radical (unpaired) electrons. The van der Waals surface area contributed by atoms with E-state index in [4.69, 9.17) is 10.6 Å². The molecule has 0 atom stereocenters. The smallest absolute Gasteiger partial charge is 0.119 e. The number of benzene rings is 1. The molecule has 0 saturated heterocycles. The number of hydrazone groups is 1. The average molecular weight is 192 g/mol. The lowest BCUT2D eigenvalue weighted by atomic mass is 10.1. The third-order valence-electron chi connectivity index (χ3n) is 1.84. The van der Waals surface area contributed by atoms with Crippen molar-refractivity contribution in [3.8, 4) is 5.75 Å². The minimum atomic E-state index is 0.199. The van der Waals surface area contributed by atoms with Crippen LogP contribution < -0.4 is 10.6 Å². The molecule has 0 bridgehead atoms. The number of hydrogen-bond acceptors (Lipinski definition) is 3. The Kier molecular flexibility index (Phi) is 3.51. The van der Waals surface area contributed by atoms with Crippen LogP contribution in [0.1, 0.15) is 26.3 Å². The molecule has 1 aromatic rings. The van der Waals surface area contributed by atoms with Gasteiger partial charge >= 0.3 is 0 Å². The largest absolute Gasteiger partial charge is 0.491 e. The van der Waals surface area contributed by atoms with Gasteiger partial charge in [-0.05, 0) is 50.6 Å². The Morgan fingerprint density at radius 3 is 2.29 bits per heavy atom. The van der Waals surface area contributed by atoms with Crippen LogP contribution in [-0.4, -0.2) is 11.8 Å². The van der Waals surface area contributed by atoms with E-state index in [2.05, 4.69) is 5.10 Å². The van der Waals surface area contributed by atoms with Gasteiger partial charge in [0.2, 0.25) is 0 Å². The van der Waals surface area contributed by atoms with Crippen molar-refractivity contribution in [3.05, 3.63) is 29.8 Å². The van der Waals surface area contributed by atoms with Crippen molar-refractivity contribution < 1.29 is 4.74 Å². The summed E-state index contributed by atoms with van der Waals surface area (Å²) in [6.07, 6.45) is 0.199. The Morgan fingerprint density at radius 2 is 1.86 bits per heavy atom. The van der Waals surface area contributed by atoms with Crippen molar-refractivity contribution in [3.63, 3.8) is 0 Å². The second-order valence-electron chi connectivity index (χ2n) is 3.41. The van der Waals surface area contributed by atoms with Crippen molar-refractivity contribution in [1.82, 2.24) is 0 Å². The number of ether oxygens (including phenoxy) is 1. The van der Waals surface area contributed by atoms with Crippen molar-refractivity contribution in [2.24, 2.45) is 10.9 Å². The maximum atomic E-state index is 5.51. The van der Waals surface area contributed by atoms with E-state index in [0.29, 0.717) is 0 Å². The molecule has 76 valence electrons. The van der Waals surface area contributed by atoms with Crippen molar-refractivity contribution in [1.29, 1.82) is 0 Å². The first-order valence-corrected chi connectivity index (χ1v) is 4.65. The molecule has 2 N–H and O–H groups in total. The summed E-state index contributed by atoms with van der Waals surface area (Å²) in [6.45, 7) is 5.87. The SMILES string of the molecule is C/C(=N\N)c1ccc(OC(C)C)cc1. The maximum Gasteiger partial charge on any atom is 0.119 e. The summed E-state index contributed by atoms with van der Waals surface area (Å²) in [4.78, 5) is 0. The fraction of sp³-hybridized carbons (Fsp3) is 0.364. The van der Waals surface area contributed by atoms with E-state index in [1.165, 1.54) is 0 Å². The van der Waals surface area contributed by atoms with Gasteiger partial charge in [-0.3, -0.25) is 0 Å². The highest BCUT2D eigenvalue weighted by Gasteiger charge is 1.99. The first kappa shape index (κ1) is 10.6. The predicted octanol–water partition coefficient (Wildman–Crippen LogP) is 2.16. The van der Waals surface area contributed by atoms with Gasteiger partial charge in [-0.1, -0.05) is 0 Å². The minimum absolute atomic E-state index is 0.199. The summed E-state index contributed by atoms with van der Waals surface area (Å²) in [7, 11) is 0. The first-order valence-electron chi connectivity index (χ1n) is 4.65. The molecule has 0 fully saturated rings. The van der Waals surface area contributed by atoms with Crippen LogP contribution in [0.2, 0.25) is 0 Å². The molecule has 0 spiro atoms. The van der Waals surface area contributed by atoms with E-state index in [1.807, 2.05) is 45.0 Å². The van der Waals surface area contributed by atoms with Crippen LogP contribution in [-0.2, 0) is 0 Å². The lowest BCUT2D eigenvalue weighted by molar-refractivity contribution is 0.242. The Labute approximate surface area is 84.6 Å². The fourth-order valence-corrected chi connectivity index (χ4v) is 1.12. The van der Waals surface area contributed by atoms with Gasteiger partial charge in [0.25, 0.3) is 0 Å². The van der Waals surface area contributed by atoms with Crippen LogP contribution in [0, 0.1) is 0 Å². The highest BCUT2D eigenvalue weighted by atomic mass is 16.5. The molecule has 0 aromatic heterocycles. The second kappa shape index (κ2) is 4.65. The summed E-state index contributed by atoms with van der Waals surface area (Å²) < 4.78 is 5.51. The predicted molar refractivity (Wildman–Crippen MR) is 58.6 cm³/mol. The highest BCUT2D eigenvalue weighted by Crippen LogP contribution is 2.14. The molecule has 3 nitrogen and oxygen atoms in total. The Balaban J connectivity index is 2.78. The van der Waals surface area contributed by atoms with E-state index in [0.717, 1.165) is 17.0 Å². The third kappa shape index (κ3) is 2.76. The van der Waals surface area contributed by atoms with Crippen LogP contribution in [0.5, 0.6) is 5.75 Å². The van der Waals surface area contributed by atoms with E-state index >= 15 is 0 Å². The summed E-state index contributed by atoms with van der Waals surface area (Å²) in [5, 5.41) is 3.63. The van der Waals surface area contributed by atoms with Crippen LogP contribution in [0.15, 0.2) is 29.4 Å². The minimum Gasteiger partial charge on any atom is -0.491 e. The van der Waals surface area contributed by atoms with Gasteiger partial charge in [-0.15, -0.1) is 0 Å². The van der Waals surface area contributed by atoms with Gasteiger partial charge in [0.15, 0.2) is 0 Å². The van der Waals surface area contributed by atoms with Crippen molar-refractivity contribution >= 4 is 5.71 Å². The second-order valence-corrected chi connectivity index (χ2v) is 3.41. The molecule has 14 heavy (non-hydrogen) atoms. The Morgan fingerprint density at radius 1 is 1.29 bits per heavy atom. The highest BCUT2D eigenvalue weighted by molar-refractivity contribution is 5.98. The number of rotatable bonds is 3. The van der Waals surface area contributed by atoms with Gasteiger partial charge < -0.3 is 10.6 Å². The fourth-order valence-electron chi connectivity index (χ4n) is 1.12. The molecule has 3 heteroatoms. The monoisotopic (exact) mass is 192 g/mol. The van der Waals surface area contributed by atoms with Gasteiger partial charge in [0.1, 0.15) is 5.75 Å². The summed E-state index contributed by atoms with van der Waals surface area (Å²) >= 11 is 0. The maximum absolute atomic E-state index is 5.51. The molecular weight excluding hydrogens is 176 g/mol. The number of nitrogens with zero attached hydrogens (tertiary/aromatic N) is 1. The molecule has 0 saturated carbocycles. The first-order chi connectivity index (χ1) is 6.63. The molecular formula is C11H16N2O. The Hall–Kier alpha value is -1.51. The zero-order chi connectivity index (χ0) is 10.6. The molecule has 0 heterocycles. The summed E-state index contributed by atoms with van der Waals surface area (Å²) in [6, 6.07) is 7.74. The zero-order valence-corrected chi connectivity index (χ0v) is 8.82. The molecule has 1 rings (SSSR count). The normalized spacial score (nSPS) is 11.9. The van der Waals surface area contributed by atoms with Crippen LogP contribution >= 0.6 is 0 Å². The molecule has 0 unspecified atom stereocenters. The number of hydrogen-bond donors (Lipinski definition) is 1. The van der Waals surface area contributed by atoms with E-state index in [-0.39, 0.29) is 6.10 Å². The number of nitrogens with two attached hydrogens (primary N) is 1. The quantitative estimate of drug-likeness (QED) is 0.453. The van der Waals surface area contributed by atoms with Crippen LogP contribution in [0.4, 0.5) is 0 Å². The van der Waals surface area contributed by atoms with Gasteiger partial charge in [-0.2, -0.15) is 5.10 Å². The molecule has 1 aromatic carbocycles. The van der Waals surface area contributed by atoms with Crippen molar-refractivity contribution in [2.75, 3.05) is 0 Å². The molecule has 0 aliphatic carbocycles. The topological polar surface area (TPSA) is 47.6 Å². The Bertz CT molecular complexity index is 315. The van der Waals surface area contributed by atoms with Gasteiger partial charge in [-0.25, -0.2) is 0 Å². The average Bonchev–Trinajstić information content (AvgIpc) is 2.17. The summed E-state index contributed by atoms with van der Waals surface area (Å²) in [5.74, 6) is 6.05. The van der Waals surface area contributed by atoms with Crippen molar-refractivity contribution in [2.45, 2.75) is 26.9 Å². The lowest BCUT2D eigenvalue weighted by Crippen LogP contribution is -2.05.